The van der Waals surface area contributed by atoms with E-state index in [1.165, 1.54) is 0 Å². The Bertz CT molecular complexity index is 546. The van der Waals surface area contributed by atoms with Gasteiger partial charge in [-0.15, -0.1) is 0 Å². The minimum absolute atomic E-state index is 0.466. The van der Waals surface area contributed by atoms with Gasteiger partial charge < -0.3 is 11.1 Å². The van der Waals surface area contributed by atoms with Gasteiger partial charge in [-0.1, -0.05) is 17.7 Å². The van der Waals surface area contributed by atoms with E-state index in [2.05, 4.69) is 21.4 Å². The summed E-state index contributed by atoms with van der Waals surface area (Å²) < 4.78 is 0. The summed E-state index contributed by atoms with van der Waals surface area (Å²) in [5.41, 5.74) is 8.76. The fourth-order valence-electron chi connectivity index (χ4n) is 1.81. The molecule has 0 radical (unpaired) electrons. The van der Waals surface area contributed by atoms with Crippen molar-refractivity contribution < 1.29 is 0 Å². The van der Waals surface area contributed by atoms with Crippen molar-refractivity contribution in [1.82, 2.24) is 9.97 Å². The van der Waals surface area contributed by atoms with E-state index in [0.29, 0.717) is 23.2 Å². The minimum atomic E-state index is 0.466. The molecule has 3 N–H and O–H groups in total. The maximum atomic E-state index is 6.20. The van der Waals surface area contributed by atoms with E-state index in [1.54, 1.807) is 12.3 Å². The van der Waals surface area contributed by atoms with Crippen LogP contribution in [0.1, 0.15) is 17.0 Å². The number of nitrogens with one attached hydrogen (secondary N) is 1. The summed E-state index contributed by atoms with van der Waals surface area (Å²) in [5.74, 6) is 1.11. The molecule has 5 heteroatoms. The number of hydrogen-bond donors (Lipinski definition) is 2. The molecule has 1 aromatic heterocycles. The predicted octanol–water partition coefficient (Wildman–Crippen LogP) is 2.94. The molecule has 0 spiro atoms. The number of nitrogens with zero attached hydrogens (tertiary/aromatic N) is 2. The lowest BCUT2D eigenvalue weighted by Crippen LogP contribution is -2.07. The van der Waals surface area contributed by atoms with Crippen LogP contribution < -0.4 is 11.1 Å². The van der Waals surface area contributed by atoms with Crippen LogP contribution >= 0.6 is 11.6 Å². The van der Waals surface area contributed by atoms with E-state index in [4.69, 9.17) is 17.3 Å². The van der Waals surface area contributed by atoms with Gasteiger partial charge in [0.1, 0.15) is 11.6 Å². The number of halogens is 1. The van der Waals surface area contributed by atoms with Gasteiger partial charge in [0, 0.05) is 6.20 Å². The molecule has 0 atom stereocenters. The Hall–Kier alpha value is -1.81. The van der Waals surface area contributed by atoms with Crippen molar-refractivity contribution in [1.29, 1.82) is 0 Å². The third-order valence-electron chi connectivity index (χ3n) is 2.58. The van der Waals surface area contributed by atoms with Crippen LogP contribution in [0.15, 0.2) is 24.4 Å². The van der Waals surface area contributed by atoms with Crippen LogP contribution in [-0.2, 0) is 6.54 Å². The highest BCUT2D eigenvalue weighted by atomic mass is 35.5. The lowest BCUT2D eigenvalue weighted by atomic mass is 10.1. The summed E-state index contributed by atoms with van der Waals surface area (Å²) in [4.78, 5) is 8.26. The number of anilines is 2. The summed E-state index contributed by atoms with van der Waals surface area (Å²) >= 11 is 6.20. The van der Waals surface area contributed by atoms with Crippen LogP contribution in [0.2, 0.25) is 5.02 Å². The molecule has 94 valence electrons. The number of aromatic nitrogens is 2. The van der Waals surface area contributed by atoms with Crippen molar-refractivity contribution in [2.24, 2.45) is 0 Å². The van der Waals surface area contributed by atoms with E-state index in [1.807, 2.05) is 19.9 Å². The van der Waals surface area contributed by atoms with Crippen molar-refractivity contribution >= 4 is 23.1 Å². The fourth-order valence-corrected chi connectivity index (χ4v) is 2.20. The standard InChI is InChI=1S/C13H15ClN4/c1-8-5-9(2)13(10(14)6-8)17-7-12-16-4-3-11(15)18-12/h3-6,17H,7H2,1-2H3,(H2,15,16,18). The first-order valence-corrected chi connectivity index (χ1v) is 6.02. The summed E-state index contributed by atoms with van der Waals surface area (Å²) in [6.45, 7) is 4.53. The van der Waals surface area contributed by atoms with Gasteiger partial charge in [-0.25, -0.2) is 9.97 Å². The number of nitrogens with two attached hydrogens (primary N) is 1. The zero-order valence-corrected chi connectivity index (χ0v) is 11.1. The number of aryl methyl sites for hydroxylation is 2. The molecule has 2 rings (SSSR count). The Morgan fingerprint density at radius 3 is 2.78 bits per heavy atom. The second-order valence-corrected chi connectivity index (χ2v) is 4.60. The fraction of sp³-hybridized carbons (Fsp3) is 0.231. The largest absolute Gasteiger partial charge is 0.384 e. The molecular formula is C13H15ClN4. The van der Waals surface area contributed by atoms with Gasteiger partial charge >= 0.3 is 0 Å². The van der Waals surface area contributed by atoms with Crippen LogP contribution in [0.3, 0.4) is 0 Å². The van der Waals surface area contributed by atoms with Gasteiger partial charge in [-0.2, -0.15) is 0 Å². The van der Waals surface area contributed by atoms with E-state index in [9.17, 15) is 0 Å². The van der Waals surface area contributed by atoms with Gasteiger partial charge in [-0.05, 0) is 37.1 Å². The average molecular weight is 263 g/mol. The van der Waals surface area contributed by atoms with Crippen LogP contribution in [0.4, 0.5) is 11.5 Å². The highest BCUT2D eigenvalue weighted by molar-refractivity contribution is 6.33. The monoisotopic (exact) mass is 262 g/mol. The first-order chi connectivity index (χ1) is 8.56. The Kier molecular flexibility index (Phi) is 3.67. The van der Waals surface area contributed by atoms with Crippen LogP contribution in [-0.4, -0.2) is 9.97 Å². The van der Waals surface area contributed by atoms with Crippen molar-refractivity contribution in [2.75, 3.05) is 11.1 Å². The molecule has 0 amide bonds. The quantitative estimate of drug-likeness (QED) is 0.893. The SMILES string of the molecule is Cc1cc(C)c(NCc2nccc(N)n2)c(Cl)c1. The lowest BCUT2D eigenvalue weighted by Gasteiger charge is -2.12. The Morgan fingerprint density at radius 1 is 1.33 bits per heavy atom. The van der Waals surface area contributed by atoms with Gasteiger partial charge in [0.25, 0.3) is 0 Å². The second-order valence-electron chi connectivity index (χ2n) is 4.19. The maximum Gasteiger partial charge on any atom is 0.149 e. The number of rotatable bonds is 3. The maximum absolute atomic E-state index is 6.20. The molecule has 0 saturated carbocycles. The van der Waals surface area contributed by atoms with Gasteiger partial charge in [0.05, 0.1) is 17.3 Å². The van der Waals surface area contributed by atoms with Crippen LogP contribution in [0.25, 0.3) is 0 Å². The first kappa shape index (κ1) is 12.6. The topological polar surface area (TPSA) is 63.8 Å². The number of hydrogen-bond acceptors (Lipinski definition) is 4. The predicted molar refractivity (Wildman–Crippen MR) is 74.7 cm³/mol. The zero-order valence-electron chi connectivity index (χ0n) is 10.4. The molecule has 0 fully saturated rings. The molecule has 1 heterocycles. The lowest BCUT2D eigenvalue weighted by molar-refractivity contribution is 0.952. The van der Waals surface area contributed by atoms with Crippen molar-refractivity contribution in [2.45, 2.75) is 20.4 Å². The Morgan fingerprint density at radius 2 is 2.11 bits per heavy atom. The van der Waals surface area contributed by atoms with Crippen molar-refractivity contribution in [3.05, 3.63) is 46.4 Å². The highest BCUT2D eigenvalue weighted by Gasteiger charge is 2.06. The minimum Gasteiger partial charge on any atom is -0.384 e. The summed E-state index contributed by atoms with van der Waals surface area (Å²) in [7, 11) is 0. The number of nitrogen functional groups attached to an aromatic ring is 1. The first-order valence-electron chi connectivity index (χ1n) is 5.64. The Balaban J connectivity index is 2.16. The molecule has 0 unspecified atom stereocenters. The zero-order chi connectivity index (χ0) is 13.1. The summed E-state index contributed by atoms with van der Waals surface area (Å²) in [5, 5.41) is 3.94. The van der Waals surface area contributed by atoms with Crippen LogP contribution in [0, 0.1) is 13.8 Å². The molecule has 4 nitrogen and oxygen atoms in total. The molecule has 0 aliphatic heterocycles. The molecule has 18 heavy (non-hydrogen) atoms. The number of benzene rings is 1. The molecule has 0 aliphatic rings. The molecule has 2 aromatic rings. The molecular weight excluding hydrogens is 248 g/mol. The average Bonchev–Trinajstić information content (AvgIpc) is 2.27. The second kappa shape index (κ2) is 5.23. The third kappa shape index (κ3) is 2.90. The van der Waals surface area contributed by atoms with Crippen molar-refractivity contribution in [3.63, 3.8) is 0 Å². The highest BCUT2D eigenvalue weighted by Crippen LogP contribution is 2.27. The summed E-state index contributed by atoms with van der Waals surface area (Å²) in [6, 6.07) is 5.67. The van der Waals surface area contributed by atoms with Gasteiger partial charge in [0.2, 0.25) is 0 Å². The molecule has 1 aromatic carbocycles. The van der Waals surface area contributed by atoms with Crippen LogP contribution in [0.5, 0.6) is 0 Å². The smallest absolute Gasteiger partial charge is 0.149 e. The summed E-state index contributed by atoms with van der Waals surface area (Å²) in [6.07, 6.45) is 1.64. The van der Waals surface area contributed by atoms with Gasteiger partial charge in [0.15, 0.2) is 0 Å². The van der Waals surface area contributed by atoms with E-state index in [0.717, 1.165) is 16.8 Å². The Labute approximate surface area is 111 Å². The molecule has 0 saturated heterocycles. The van der Waals surface area contributed by atoms with E-state index < -0.39 is 0 Å². The van der Waals surface area contributed by atoms with Crippen molar-refractivity contribution in [3.8, 4) is 0 Å². The molecule has 0 bridgehead atoms. The van der Waals surface area contributed by atoms with Gasteiger partial charge in [-0.3, -0.25) is 0 Å². The normalized spacial score (nSPS) is 10.4. The van der Waals surface area contributed by atoms with E-state index >= 15 is 0 Å². The molecule has 0 aliphatic carbocycles. The third-order valence-corrected chi connectivity index (χ3v) is 2.88. The van der Waals surface area contributed by atoms with E-state index in [-0.39, 0.29) is 0 Å².